The highest BCUT2D eigenvalue weighted by atomic mass is 35.5. The van der Waals surface area contributed by atoms with Gasteiger partial charge in [0.05, 0.1) is 0 Å². The average molecular weight is 425 g/mol. The van der Waals surface area contributed by atoms with Crippen LogP contribution in [0.15, 0.2) is 48.5 Å². The van der Waals surface area contributed by atoms with Gasteiger partial charge in [-0.1, -0.05) is 23.7 Å². The highest BCUT2D eigenvalue weighted by Gasteiger charge is 2.20. The number of carbonyl (C=O) groups excluding carboxylic acids is 1. The molecule has 0 saturated carbocycles. The molecule has 2 aromatic rings. The van der Waals surface area contributed by atoms with Crippen molar-refractivity contribution in [3.05, 3.63) is 59.1 Å². The van der Waals surface area contributed by atoms with Crippen molar-refractivity contribution in [3.63, 3.8) is 0 Å². The molecule has 3 rings (SSSR count). The van der Waals surface area contributed by atoms with E-state index in [4.69, 9.17) is 21.1 Å². The minimum Gasteiger partial charge on any atom is -0.490 e. The van der Waals surface area contributed by atoms with Crippen LogP contribution in [0.2, 0.25) is 5.02 Å². The van der Waals surface area contributed by atoms with E-state index in [0.717, 1.165) is 43.0 Å². The van der Waals surface area contributed by atoms with Crippen LogP contribution in [0, 0.1) is 5.92 Å². The molecular formula is C21H26Cl2N2O3. The zero-order chi connectivity index (χ0) is 18.9. The van der Waals surface area contributed by atoms with Crippen LogP contribution in [0.4, 0.5) is 0 Å². The Morgan fingerprint density at radius 2 is 1.50 bits per heavy atom. The van der Waals surface area contributed by atoms with E-state index in [1.807, 2.05) is 36.4 Å². The fraction of sp³-hybridized carbons (Fsp3) is 0.381. The van der Waals surface area contributed by atoms with Gasteiger partial charge in [0.2, 0.25) is 5.91 Å². The maximum absolute atomic E-state index is 12.2. The van der Waals surface area contributed by atoms with Crippen molar-refractivity contribution >= 4 is 29.9 Å². The number of amides is 1. The third-order valence-corrected chi connectivity index (χ3v) is 4.79. The van der Waals surface area contributed by atoms with E-state index in [0.29, 0.717) is 24.8 Å². The number of piperidine rings is 1. The fourth-order valence-electron chi connectivity index (χ4n) is 2.97. The Hall–Kier alpha value is -1.95. The number of ether oxygens (including phenoxy) is 2. The molecule has 0 bridgehead atoms. The monoisotopic (exact) mass is 424 g/mol. The molecule has 152 valence electrons. The van der Waals surface area contributed by atoms with Crippen LogP contribution in [-0.4, -0.2) is 32.2 Å². The number of hydrogen-bond acceptors (Lipinski definition) is 4. The summed E-state index contributed by atoms with van der Waals surface area (Å²) in [6.45, 7) is 3.30. The van der Waals surface area contributed by atoms with Crippen molar-refractivity contribution in [1.82, 2.24) is 10.6 Å². The fourth-order valence-corrected chi connectivity index (χ4v) is 3.10. The zero-order valence-corrected chi connectivity index (χ0v) is 17.2. The largest absolute Gasteiger partial charge is 0.490 e. The normalized spacial score (nSPS) is 14.0. The van der Waals surface area contributed by atoms with Gasteiger partial charge < -0.3 is 20.1 Å². The van der Waals surface area contributed by atoms with Gasteiger partial charge in [0, 0.05) is 17.5 Å². The lowest BCUT2D eigenvalue weighted by molar-refractivity contribution is -0.125. The third-order valence-electron chi connectivity index (χ3n) is 4.53. The summed E-state index contributed by atoms with van der Waals surface area (Å²) < 4.78 is 11.3. The number of halogens is 2. The second-order valence-electron chi connectivity index (χ2n) is 6.54. The SMILES string of the molecule is Cl.O=C(NCc1ccc(OCCOc2ccc(Cl)cc2)cc1)C1CCNCC1. The molecular weight excluding hydrogens is 399 g/mol. The molecule has 1 heterocycles. The van der Waals surface area contributed by atoms with Gasteiger partial charge >= 0.3 is 0 Å². The molecule has 1 amide bonds. The van der Waals surface area contributed by atoms with Crippen molar-refractivity contribution in [2.45, 2.75) is 19.4 Å². The number of carbonyl (C=O) groups is 1. The molecule has 2 N–H and O–H groups in total. The van der Waals surface area contributed by atoms with E-state index in [9.17, 15) is 4.79 Å². The van der Waals surface area contributed by atoms with Crippen molar-refractivity contribution in [1.29, 1.82) is 0 Å². The van der Waals surface area contributed by atoms with E-state index in [1.165, 1.54) is 0 Å². The van der Waals surface area contributed by atoms with Crippen LogP contribution in [0.3, 0.4) is 0 Å². The first kappa shape index (κ1) is 22.3. The van der Waals surface area contributed by atoms with Gasteiger partial charge in [-0.15, -0.1) is 12.4 Å². The highest BCUT2D eigenvalue weighted by Crippen LogP contribution is 2.16. The molecule has 1 aliphatic rings. The second kappa shape index (κ2) is 11.8. The second-order valence-corrected chi connectivity index (χ2v) is 6.97. The number of nitrogens with one attached hydrogen (secondary N) is 2. The van der Waals surface area contributed by atoms with Gasteiger partial charge in [0.25, 0.3) is 0 Å². The molecule has 0 aliphatic carbocycles. The van der Waals surface area contributed by atoms with Gasteiger partial charge in [0.1, 0.15) is 24.7 Å². The van der Waals surface area contributed by atoms with Crippen LogP contribution in [0.5, 0.6) is 11.5 Å². The maximum Gasteiger partial charge on any atom is 0.223 e. The molecule has 0 spiro atoms. The molecule has 0 atom stereocenters. The predicted molar refractivity (Wildman–Crippen MR) is 114 cm³/mol. The Morgan fingerprint density at radius 1 is 0.964 bits per heavy atom. The van der Waals surface area contributed by atoms with Crippen molar-refractivity contribution in [2.75, 3.05) is 26.3 Å². The van der Waals surface area contributed by atoms with Crippen LogP contribution in [0.25, 0.3) is 0 Å². The van der Waals surface area contributed by atoms with E-state index in [2.05, 4.69) is 10.6 Å². The summed E-state index contributed by atoms with van der Waals surface area (Å²) in [4.78, 5) is 12.2. The van der Waals surface area contributed by atoms with Crippen LogP contribution in [-0.2, 0) is 11.3 Å². The number of hydrogen-bond donors (Lipinski definition) is 2. The van der Waals surface area contributed by atoms with Gasteiger partial charge in [-0.3, -0.25) is 4.79 Å². The minimum atomic E-state index is 0. The quantitative estimate of drug-likeness (QED) is 0.632. The highest BCUT2D eigenvalue weighted by molar-refractivity contribution is 6.30. The number of rotatable bonds is 8. The Morgan fingerprint density at radius 3 is 2.07 bits per heavy atom. The summed E-state index contributed by atoms with van der Waals surface area (Å²) in [7, 11) is 0. The summed E-state index contributed by atoms with van der Waals surface area (Å²) in [5.74, 6) is 1.83. The lowest BCUT2D eigenvalue weighted by Gasteiger charge is -2.21. The number of benzene rings is 2. The lowest BCUT2D eigenvalue weighted by Crippen LogP contribution is -2.37. The van der Waals surface area contributed by atoms with Gasteiger partial charge in [-0.2, -0.15) is 0 Å². The van der Waals surface area contributed by atoms with Gasteiger partial charge in [-0.25, -0.2) is 0 Å². The average Bonchev–Trinajstić information content (AvgIpc) is 2.72. The molecule has 1 aliphatic heterocycles. The molecule has 5 nitrogen and oxygen atoms in total. The van der Waals surface area contributed by atoms with Gasteiger partial charge in [0.15, 0.2) is 0 Å². The van der Waals surface area contributed by atoms with Crippen molar-refractivity contribution in [2.24, 2.45) is 5.92 Å². The van der Waals surface area contributed by atoms with E-state index in [1.54, 1.807) is 12.1 Å². The third kappa shape index (κ3) is 7.23. The van der Waals surface area contributed by atoms with E-state index >= 15 is 0 Å². The molecule has 2 aromatic carbocycles. The maximum atomic E-state index is 12.2. The molecule has 0 unspecified atom stereocenters. The molecule has 1 fully saturated rings. The van der Waals surface area contributed by atoms with Gasteiger partial charge in [-0.05, 0) is 67.9 Å². The topological polar surface area (TPSA) is 59.6 Å². The van der Waals surface area contributed by atoms with Crippen LogP contribution >= 0.6 is 24.0 Å². The summed E-state index contributed by atoms with van der Waals surface area (Å²) in [6, 6.07) is 15.0. The standard InChI is InChI=1S/C21H25ClN2O3.ClH/c22-18-3-7-20(8-4-18)27-14-13-26-19-5-1-16(2-6-19)15-24-21(25)17-9-11-23-12-10-17;/h1-8,17,23H,9-15H2,(H,24,25);1H. The molecule has 0 radical (unpaired) electrons. The molecule has 0 aromatic heterocycles. The Labute approximate surface area is 177 Å². The Bertz CT molecular complexity index is 717. The summed E-state index contributed by atoms with van der Waals surface area (Å²) >= 11 is 5.84. The lowest BCUT2D eigenvalue weighted by atomic mass is 9.97. The van der Waals surface area contributed by atoms with E-state index < -0.39 is 0 Å². The van der Waals surface area contributed by atoms with Crippen molar-refractivity contribution < 1.29 is 14.3 Å². The first-order chi connectivity index (χ1) is 13.2. The first-order valence-corrected chi connectivity index (χ1v) is 9.67. The summed E-state index contributed by atoms with van der Waals surface area (Å²) in [5, 5.41) is 6.99. The van der Waals surface area contributed by atoms with Crippen LogP contribution in [0.1, 0.15) is 18.4 Å². The zero-order valence-electron chi connectivity index (χ0n) is 15.7. The summed E-state index contributed by atoms with van der Waals surface area (Å²) in [6.07, 6.45) is 1.83. The molecule has 1 saturated heterocycles. The van der Waals surface area contributed by atoms with Crippen molar-refractivity contribution in [3.8, 4) is 11.5 Å². The molecule has 7 heteroatoms. The molecule has 28 heavy (non-hydrogen) atoms. The first-order valence-electron chi connectivity index (χ1n) is 9.29. The minimum absolute atomic E-state index is 0. The Balaban J connectivity index is 0.00000280. The van der Waals surface area contributed by atoms with Crippen LogP contribution < -0.4 is 20.1 Å². The van der Waals surface area contributed by atoms with E-state index in [-0.39, 0.29) is 24.2 Å². The smallest absolute Gasteiger partial charge is 0.223 e. The predicted octanol–water partition coefficient (Wildman–Crippen LogP) is 3.84. The summed E-state index contributed by atoms with van der Waals surface area (Å²) in [5.41, 5.74) is 1.06. The Kier molecular flexibility index (Phi) is 9.41.